The smallest absolute Gasteiger partial charge is 0.279 e. The molecule has 6 rings (SSSR count). The molecule has 1 saturated heterocycles. The molecule has 2 amide bonds. The van der Waals surface area contributed by atoms with Gasteiger partial charge in [0.05, 0.1) is 42.1 Å². The Labute approximate surface area is 274 Å². The number of anilines is 1. The van der Waals surface area contributed by atoms with Gasteiger partial charge in [0.15, 0.2) is 5.60 Å². The van der Waals surface area contributed by atoms with E-state index in [0.717, 1.165) is 5.56 Å². The molecule has 47 heavy (non-hydrogen) atoms. The summed E-state index contributed by atoms with van der Waals surface area (Å²) in [6.07, 6.45) is 2.18. The molecule has 4 atom stereocenters. The first kappa shape index (κ1) is 32.5. The van der Waals surface area contributed by atoms with Gasteiger partial charge in [-0.05, 0) is 42.9 Å². The average molecular weight is 655 g/mol. The number of aliphatic hydroxyl groups is 1. The number of carbonyl (C=O) groups excluding carboxylic acids is 2. The Morgan fingerprint density at radius 2 is 1.85 bits per heavy atom. The number of nitrogens with zero attached hydrogens (tertiary/aromatic N) is 4. The van der Waals surface area contributed by atoms with E-state index in [9.17, 15) is 19.5 Å². The summed E-state index contributed by atoms with van der Waals surface area (Å²) in [6, 6.07) is 21.8. The largest absolute Gasteiger partial charge is 0.395 e. The van der Waals surface area contributed by atoms with Crippen LogP contribution in [0.15, 0.2) is 96.4 Å². The average Bonchev–Trinajstić information content (AvgIpc) is 3.47. The highest BCUT2D eigenvalue weighted by molar-refractivity contribution is 6.72. The molecule has 4 aromatic rings. The normalized spacial score (nSPS) is 22.2. The van der Waals surface area contributed by atoms with Gasteiger partial charge in [-0.25, -0.2) is 0 Å². The Bertz CT molecular complexity index is 1890. The Balaban J connectivity index is 1.43. The Kier molecular flexibility index (Phi) is 8.73. The predicted octanol–water partition coefficient (Wildman–Crippen LogP) is 5.10. The first-order valence-electron chi connectivity index (χ1n) is 15.9. The van der Waals surface area contributed by atoms with Crippen molar-refractivity contribution in [3.63, 3.8) is 0 Å². The quantitative estimate of drug-likeness (QED) is 0.145. The van der Waals surface area contributed by atoms with Crippen LogP contribution in [-0.2, 0) is 26.5 Å². The van der Waals surface area contributed by atoms with Gasteiger partial charge in [-0.1, -0.05) is 61.5 Å². The topological polar surface area (TPSA) is 105 Å². The number of hydrogen-bond donors (Lipinski definition) is 1. The number of aromatic nitrogens is 2. The van der Waals surface area contributed by atoms with E-state index in [0.29, 0.717) is 27.7 Å². The van der Waals surface area contributed by atoms with Crippen molar-refractivity contribution in [3.8, 4) is 5.69 Å². The molecule has 1 spiro atoms. The molecule has 9 nitrogen and oxygen atoms in total. The van der Waals surface area contributed by atoms with Crippen LogP contribution in [0.4, 0.5) is 9.80 Å². The molecule has 0 bridgehead atoms. The molecule has 3 aromatic carbocycles. The van der Waals surface area contributed by atoms with Crippen LogP contribution in [0.1, 0.15) is 24.5 Å². The first-order chi connectivity index (χ1) is 22.5. The maximum absolute atomic E-state index is 16.4. The third kappa shape index (κ3) is 5.62. The van der Waals surface area contributed by atoms with Crippen molar-refractivity contribution in [2.45, 2.75) is 50.2 Å². The minimum absolute atomic E-state index is 0.105. The van der Waals surface area contributed by atoms with Gasteiger partial charge >= 0.3 is 0 Å². The number of halogens is 1. The first-order valence-corrected chi connectivity index (χ1v) is 18.8. The van der Waals surface area contributed by atoms with Gasteiger partial charge in [0.2, 0.25) is 14.3 Å². The number of hydrogen-bond acceptors (Lipinski definition) is 6. The van der Waals surface area contributed by atoms with Crippen LogP contribution in [0.25, 0.3) is 16.5 Å². The number of benzene rings is 3. The van der Waals surface area contributed by atoms with Gasteiger partial charge in [-0.2, -0.15) is 9.78 Å². The molecule has 0 saturated carbocycles. The Hall–Kier alpha value is -4.45. The predicted molar refractivity (Wildman–Crippen MR) is 182 cm³/mol. The molecule has 1 N–H and O–H groups in total. The maximum Gasteiger partial charge on any atom is 0.279 e. The molecule has 0 radical (unpaired) electrons. The molecule has 1 aromatic heterocycles. The second-order valence-corrected chi connectivity index (χ2v) is 16.6. The fourth-order valence-corrected chi connectivity index (χ4v) is 9.96. The minimum Gasteiger partial charge on any atom is -0.395 e. The molecule has 11 heteroatoms. The van der Waals surface area contributed by atoms with Crippen LogP contribution in [0.3, 0.4) is 0 Å². The molecule has 1 fully saturated rings. The maximum atomic E-state index is 16.4. The van der Waals surface area contributed by atoms with Gasteiger partial charge in [-0.15, -0.1) is 6.58 Å². The fraction of sp³-hybridized carbons (Fsp3) is 0.333. The highest BCUT2D eigenvalue weighted by Gasteiger charge is 2.67. The number of amides is 2. The third-order valence-corrected chi connectivity index (χ3v) is 12.0. The van der Waals surface area contributed by atoms with E-state index in [1.807, 2.05) is 49.4 Å². The zero-order valence-corrected chi connectivity index (χ0v) is 27.8. The van der Waals surface area contributed by atoms with Gasteiger partial charge in [0.25, 0.3) is 11.5 Å². The molecule has 0 unspecified atom stereocenters. The summed E-state index contributed by atoms with van der Waals surface area (Å²) in [4.78, 5) is 44.9. The summed E-state index contributed by atoms with van der Waals surface area (Å²) in [5.74, 6) is -1.29. The lowest BCUT2D eigenvalue weighted by atomic mass is 9.82. The van der Waals surface area contributed by atoms with Crippen LogP contribution in [0, 0.1) is 5.92 Å². The Morgan fingerprint density at radius 3 is 2.55 bits per heavy atom. The number of fused-ring (bicyclic) bond motifs is 3. The summed E-state index contributed by atoms with van der Waals surface area (Å²) in [6.45, 7) is 9.18. The molecule has 2 aliphatic heterocycles. The van der Waals surface area contributed by atoms with Crippen molar-refractivity contribution < 1.29 is 23.5 Å². The van der Waals surface area contributed by atoms with Crippen molar-refractivity contribution in [1.82, 2.24) is 14.7 Å². The molecule has 2 aliphatic rings. The lowest BCUT2D eigenvalue weighted by Gasteiger charge is -2.31. The van der Waals surface area contributed by atoms with Gasteiger partial charge in [0, 0.05) is 42.0 Å². The van der Waals surface area contributed by atoms with E-state index in [4.69, 9.17) is 4.74 Å². The van der Waals surface area contributed by atoms with E-state index in [2.05, 4.69) is 11.7 Å². The van der Waals surface area contributed by atoms with Gasteiger partial charge in [-0.3, -0.25) is 14.4 Å². The number of rotatable bonds is 10. The van der Waals surface area contributed by atoms with E-state index < -0.39 is 31.6 Å². The zero-order chi connectivity index (χ0) is 33.5. The van der Waals surface area contributed by atoms with Crippen LogP contribution in [0.5, 0.6) is 0 Å². The standard InChI is InChI=1S/C36H39FN4O5Si/c1-5-17-40-30-16-15-27(41-34(44)28-14-10-9-13-26(28)22-38-41)20-29(30)36(35(40)45)24(2)33(47(3,4)37)31(46-36)21-32(43)39(18-19-42)23-25-11-7-6-8-12-25/h5-16,20,22,24,31,33,42H,1,17-19,21,23H2,2-4H3/t24-,31+,33-,36+/m1/s1. The SMILES string of the molecule is C=CCN1C(=O)[C@@]2(O[C@@H](CC(=O)N(CCO)Cc3ccccc3)[C@H]([Si](C)(C)F)[C@H]2C)c2cc(-n3ncc4ccccc4c3=O)ccc21. The van der Waals surface area contributed by atoms with Crippen LogP contribution >= 0.6 is 0 Å². The van der Waals surface area contributed by atoms with Crippen molar-refractivity contribution >= 4 is 36.7 Å². The molecule has 0 aliphatic carbocycles. The van der Waals surface area contributed by atoms with Crippen LogP contribution in [0.2, 0.25) is 18.6 Å². The highest BCUT2D eigenvalue weighted by atomic mass is 28.4. The zero-order valence-electron chi connectivity index (χ0n) is 26.8. The molecular weight excluding hydrogens is 616 g/mol. The molecular formula is C36H39FN4O5Si. The number of aliphatic hydroxyl groups excluding tert-OH is 1. The second-order valence-electron chi connectivity index (χ2n) is 12.9. The van der Waals surface area contributed by atoms with E-state index >= 15 is 4.11 Å². The highest BCUT2D eigenvalue weighted by Crippen LogP contribution is 2.60. The fourth-order valence-electron chi connectivity index (χ4n) is 7.47. The van der Waals surface area contributed by atoms with Gasteiger partial charge < -0.3 is 23.8 Å². The van der Waals surface area contributed by atoms with E-state index in [-0.39, 0.29) is 50.0 Å². The van der Waals surface area contributed by atoms with Crippen molar-refractivity contribution in [1.29, 1.82) is 0 Å². The van der Waals surface area contributed by atoms with Crippen LogP contribution in [-0.4, -0.2) is 65.8 Å². The lowest BCUT2D eigenvalue weighted by Crippen LogP contribution is -2.45. The van der Waals surface area contributed by atoms with Crippen molar-refractivity contribution in [3.05, 3.63) is 113 Å². The van der Waals surface area contributed by atoms with E-state index in [1.54, 1.807) is 65.5 Å². The summed E-state index contributed by atoms with van der Waals surface area (Å²) < 4.78 is 24.4. The summed E-state index contributed by atoms with van der Waals surface area (Å²) in [7, 11) is -3.55. The number of carbonyl (C=O) groups is 2. The Morgan fingerprint density at radius 1 is 1.13 bits per heavy atom. The van der Waals surface area contributed by atoms with E-state index in [1.165, 1.54) is 4.68 Å². The number of ether oxygens (including phenoxy) is 1. The van der Waals surface area contributed by atoms with Crippen LogP contribution < -0.4 is 10.5 Å². The minimum atomic E-state index is -3.55. The van der Waals surface area contributed by atoms with Gasteiger partial charge in [0.1, 0.15) is 0 Å². The monoisotopic (exact) mass is 654 g/mol. The summed E-state index contributed by atoms with van der Waals surface area (Å²) in [5.41, 5.74) is -0.195. The molecule has 244 valence electrons. The van der Waals surface area contributed by atoms with Crippen molar-refractivity contribution in [2.24, 2.45) is 5.92 Å². The summed E-state index contributed by atoms with van der Waals surface area (Å²) >= 11 is 0. The summed E-state index contributed by atoms with van der Waals surface area (Å²) in [5, 5.41) is 15.4. The third-order valence-electron chi connectivity index (χ3n) is 9.51. The second kappa shape index (κ2) is 12.6. The van der Waals surface area contributed by atoms with Crippen molar-refractivity contribution in [2.75, 3.05) is 24.6 Å². The molecule has 3 heterocycles. The lowest BCUT2D eigenvalue weighted by molar-refractivity contribution is -0.149.